The van der Waals surface area contributed by atoms with E-state index in [9.17, 15) is 22.7 Å². The first-order chi connectivity index (χ1) is 8.29. The van der Waals surface area contributed by atoms with Crippen LogP contribution in [0.4, 0.5) is 17.6 Å². The second-order valence-corrected chi connectivity index (χ2v) is 4.21. The van der Waals surface area contributed by atoms with E-state index in [2.05, 4.69) is 0 Å². The molecule has 0 aliphatic rings. The van der Waals surface area contributed by atoms with Crippen LogP contribution in [0, 0.1) is 5.82 Å². The number of benzene rings is 1. The Bertz CT molecular complexity index is 571. The molecule has 6 heteroatoms. The third kappa shape index (κ3) is 2.33. The molecule has 2 rings (SSSR count). The van der Waals surface area contributed by atoms with Crippen LogP contribution in [0.3, 0.4) is 0 Å². The molecule has 1 atom stereocenters. The molecule has 0 bridgehead atoms. The van der Waals surface area contributed by atoms with Crippen LogP contribution in [0.25, 0.3) is 10.9 Å². The summed E-state index contributed by atoms with van der Waals surface area (Å²) in [5.74, 6) is -1.29. The summed E-state index contributed by atoms with van der Waals surface area (Å²) >= 11 is 0. The van der Waals surface area contributed by atoms with Gasteiger partial charge in [-0.3, -0.25) is 0 Å². The summed E-state index contributed by atoms with van der Waals surface area (Å²) in [7, 11) is 0. The van der Waals surface area contributed by atoms with Crippen LogP contribution in [0.2, 0.25) is 0 Å². The quantitative estimate of drug-likeness (QED) is 0.825. The number of aromatic nitrogens is 1. The predicted molar refractivity (Wildman–Crippen MR) is 58.6 cm³/mol. The molecular weight excluding hydrogens is 250 g/mol. The van der Waals surface area contributed by atoms with Gasteiger partial charge in [0.05, 0.1) is 11.7 Å². The van der Waals surface area contributed by atoms with E-state index in [0.29, 0.717) is 5.39 Å². The van der Waals surface area contributed by atoms with Crippen LogP contribution < -0.4 is 0 Å². The van der Waals surface area contributed by atoms with E-state index in [1.807, 2.05) is 0 Å². The minimum Gasteiger partial charge on any atom is -0.392 e. The Morgan fingerprint density at radius 2 is 2.00 bits per heavy atom. The number of aliphatic hydroxyl groups is 1. The second kappa shape index (κ2) is 4.28. The lowest BCUT2D eigenvalue weighted by Crippen LogP contribution is -2.12. The molecule has 2 aromatic rings. The highest BCUT2D eigenvalue weighted by Gasteiger charge is 2.34. The summed E-state index contributed by atoms with van der Waals surface area (Å²) in [6, 6.07) is 3.14. The van der Waals surface area contributed by atoms with Crippen LogP contribution in [-0.4, -0.2) is 15.8 Å². The fourth-order valence-corrected chi connectivity index (χ4v) is 1.87. The van der Waals surface area contributed by atoms with Crippen molar-refractivity contribution in [3.63, 3.8) is 0 Å². The zero-order chi connectivity index (χ0) is 13.5. The monoisotopic (exact) mass is 261 g/mol. The highest BCUT2D eigenvalue weighted by atomic mass is 19.4. The lowest BCUT2D eigenvalue weighted by atomic mass is 10.1. The van der Waals surface area contributed by atoms with Gasteiger partial charge >= 0.3 is 6.18 Å². The first-order valence-corrected chi connectivity index (χ1v) is 5.32. The van der Waals surface area contributed by atoms with Crippen molar-refractivity contribution in [3.05, 3.63) is 35.8 Å². The van der Waals surface area contributed by atoms with Gasteiger partial charge in [-0.25, -0.2) is 4.39 Å². The van der Waals surface area contributed by atoms with Gasteiger partial charge < -0.3 is 9.67 Å². The molecule has 0 aliphatic heterocycles. The molecule has 1 aromatic heterocycles. The first-order valence-electron chi connectivity index (χ1n) is 5.32. The fourth-order valence-electron chi connectivity index (χ4n) is 1.87. The Balaban J connectivity index is 2.59. The maximum Gasteiger partial charge on any atom is 0.419 e. The van der Waals surface area contributed by atoms with Crippen LogP contribution in [0.1, 0.15) is 12.5 Å². The fraction of sp³-hybridized carbons (Fsp3) is 0.333. The van der Waals surface area contributed by atoms with Gasteiger partial charge in [0.25, 0.3) is 0 Å². The maximum absolute atomic E-state index is 13.3. The molecule has 2 nitrogen and oxygen atoms in total. The number of hydrogen-bond donors (Lipinski definition) is 1. The largest absolute Gasteiger partial charge is 0.419 e. The molecule has 0 spiro atoms. The number of alkyl halides is 3. The van der Waals surface area contributed by atoms with Crippen molar-refractivity contribution in [1.82, 2.24) is 4.57 Å². The maximum atomic E-state index is 13.3. The summed E-state index contributed by atoms with van der Waals surface area (Å²) in [4.78, 5) is 0. The minimum atomic E-state index is -4.72. The standard InChI is InChI=1S/C12H11F4NO/c1-7(18)6-17-3-2-8-4-10(13)9(5-11(8)17)12(14,15)16/h2-5,7,18H,6H2,1H3/t7-/m1/s1. The Kier molecular flexibility index (Phi) is 3.06. The SMILES string of the molecule is C[C@@H](O)Cn1ccc2cc(F)c(C(F)(F)F)cc21. The molecule has 0 aliphatic carbocycles. The lowest BCUT2D eigenvalue weighted by Gasteiger charge is -2.11. The van der Waals surface area contributed by atoms with E-state index < -0.39 is 23.7 Å². The molecule has 0 radical (unpaired) electrons. The van der Waals surface area contributed by atoms with Crippen molar-refractivity contribution in [1.29, 1.82) is 0 Å². The summed E-state index contributed by atoms with van der Waals surface area (Å²) in [5.41, 5.74) is -1.04. The first kappa shape index (κ1) is 12.9. The highest BCUT2D eigenvalue weighted by Crippen LogP contribution is 2.34. The molecule has 0 saturated carbocycles. The third-order valence-electron chi connectivity index (χ3n) is 2.63. The number of halogens is 4. The predicted octanol–water partition coefficient (Wildman–Crippen LogP) is 3.18. The van der Waals surface area contributed by atoms with E-state index in [1.54, 1.807) is 0 Å². The number of nitrogens with zero attached hydrogens (tertiary/aromatic N) is 1. The molecule has 0 fully saturated rings. The van der Waals surface area contributed by atoms with Crippen LogP contribution in [0.15, 0.2) is 24.4 Å². The zero-order valence-electron chi connectivity index (χ0n) is 9.50. The zero-order valence-corrected chi connectivity index (χ0v) is 9.50. The van der Waals surface area contributed by atoms with Gasteiger partial charge in [-0.05, 0) is 25.1 Å². The van der Waals surface area contributed by atoms with E-state index in [0.717, 1.165) is 12.1 Å². The molecule has 0 unspecified atom stereocenters. The molecule has 1 aromatic carbocycles. The smallest absolute Gasteiger partial charge is 0.392 e. The Morgan fingerprint density at radius 3 is 2.56 bits per heavy atom. The van der Waals surface area contributed by atoms with E-state index >= 15 is 0 Å². The van der Waals surface area contributed by atoms with Gasteiger partial charge in [-0.1, -0.05) is 0 Å². The van der Waals surface area contributed by atoms with Gasteiger partial charge in [0.15, 0.2) is 0 Å². The molecule has 1 heterocycles. The average molecular weight is 261 g/mol. The van der Waals surface area contributed by atoms with Crippen molar-refractivity contribution >= 4 is 10.9 Å². The van der Waals surface area contributed by atoms with E-state index in [-0.39, 0.29) is 12.1 Å². The molecule has 98 valence electrons. The number of rotatable bonds is 2. The molecule has 0 saturated heterocycles. The van der Waals surface area contributed by atoms with E-state index in [4.69, 9.17) is 0 Å². The summed E-state index contributed by atoms with van der Waals surface area (Å²) < 4.78 is 52.5. The molecule has 0 amide bonds. The lowest BCUT2D eigenvalue weighted by molar-refractivity contribution is -0.139. The van der Waals surface area contributed by atoms with Gasteiger partial charge in [0.1, 0.15) is 5.82 Å². The number of fused-ring (bicyclic) bond motifs is 1. The molecule has 1 N–H and O–H groups in total. The van der Waals surface area contributed by atoms with Gasteiger partial charge in [-0.15, -0.1) is 0 Å². The normalized spacial score (nSPS) is 14.1. The third-order valence-corrected chi connectivity index (χ3v) is 2.63. The summed E-state index contributed by atoms with van der Waals surface area (Å²) in [6.45, 7) is 1.69. The van der Waals surface area contributed by atoms with Crippen LogP contribution >= 0.6 is 0 Å². The van der Waals surface area contributed by atoms with Gasteiger partial charge in [0, 0.05) is 23.6 Å². The highest BCUT2D eigenvalue weighted by molar-refractivity contribution is 5.81. The average Bonchev–Trinajstić information content (AvgIpc) is 2.57. The van der Waals surface area contributed by atoms with Gasteiger partial charge in [0.2, 0.25) is 0 Å². The van der Waals surface area contributed by atoms with Crippen molar-refractivity contribution in [2.75, 3.05) is 0 Å². The van der Waals surface area contributed by atoms with Crippen molar-refractivity contribution < 1.29 is 22.7 Å². The van der Waals surface area contributed by atoms with Gasteiger partial charge in [-0.2, -0.15) is 13.2 Å². The number of hydrogen-bond acceptors (Lipinski definition) is 1. The molecule has 18 heavy (non-hydrogen) atoms. The van der Waals surface area contributed by atoms with Crippen LogP contribution in [-0.2, 0) is 12.7 Å². The van der Waals surface area contributed by atoms with Crippen molar-refractivity contribution in [3.8, 4) is 0 Å². The minimum absolute atomic E-state index is 0.159. The van der Waals surface area contributed by atoms with Crippen molar-refractivity contribution in [2.45, 2.75) is 25.7 Å². The van der Waals surface area contributed by atoms with Crippen LogP contribution in [0.5, 0.6) is 0 Å². The number of aliphatic hydroxyl groups excluding tert-OH is 1. The molecular formula is C12H11F4NO. The second-order valence-electron chi connectivity index (χ2n) is 4.21. The Labute approximate surface area is 100 Å². The van der Waals surface area contributed by atoms with Crippen molar-refractivity contribution in [2.24, 2.45) is 0 Å². The summed E-state index contributed by atoms with van der Waals surface area (Å²) in [6.07, 6.45) is -3.89. The Morgan fingerprint density at radius 1 is 1.33 bits per heavy atom. The Hall–Kier alpha value is -1.56. The topological polar surface area (TPSA) is 25.2 Å². The summed E-state index contributed by atoms with van der Waals surface area (Å²) in [5, 5.41) is 9.63. The van der Waals surface area contributed by atoms with E-state index in [1.165, 1.54) is 23.8 Å².